The molecule has 16 heavy (non-hydrogen) atoms. The first-order chi connectivity index (χ1) is 7.24. The maximum Gasteiger partial charge on any atom is 0.497 e. The molecule has 0 aliphatic heterocycles. The average Bonchev–Trinajstić information content (AvgIpc) is 2.16. The van der Waals surface area contributed by atoms with E-state index in [0.29, 0.717) is 12.8 Å². The van der Waals surface area contributed by atoms with Gasteiger partial charge in [0, 0.05) is 5.92 Å². The van der Waals surface area contributed by atoms with Gasteiger partial charge in [0.1, 0.15) is 5.75 Å². The van der Waals surface area contributed by atoms with E-state index in [1.807, 2.05) is 0 Å². The van der Waals surface area contributed by atoms with Crippen molar-refractivity contribution in [3.05, 3.63) is 0 Å². The summed E-state index contributed by atoms with van der Waals surface area (Å²) in [6, 6.07) is 0. The van der Waals surface area contributed by atoms with Gasteiger partial charge in [-0.05, 0) is 12.8 Å². The third-order valence-electron chi connectivity index (χ3n) is 2.75. The van der Waals surface area contributed by atoms with Crippen molar-refractivity contribution in [1.29, 1.82) is 0 Å². The van der Waals surface area contributed by atoms with Gasteiger partial charge in [-0.2, -0.15) is 13.2 Å². The fourth-order valence-electron chi connectivity index (χ4n) is 1.81. The van der Waals surface area contributed by atoms with Crippen molar-refractivity contribution in [3.63, 3.8) is 0 Å². The number of carbonyl (C=O) groups excluding carboxylic acids is 1. The molecule has 7 heteroatoms. The number of rotatable bonds is 3. The zero-order valence-electron chi connectivity index (χ0n) is 8.59. The number of halogens is 3. The van der Waals surface area contributed by atoms with Gasteiger partial charge in [-0.15, -0.1) is 0 Å². The van der Waals surface area contributed by atoms with Gasteiger partial charge in [0.25, 0.3) is 9.84 Å². The van der Waals surface area contributed by atoms with E-state index in [-0.39, 0.29) is 0 Å². The molecule has 94 valence electrons. The van der Waals surface area contributed by atoms with Crippen LogP contribution >= 0.6 is 0 Å². The lowest BCUT2D eigenvalue weighted by Crippen LogP contribution is -2.33. The molecule has 0 spiro atoms. The second-order valence-electron chi connectivity index (χ2n) is 4.01. The van der Waals surface area contributed by atoms with Gasteiger partial charge in [0.2, 0.25) is 0 Å². The van der Waals surface area contributed by atoms with Gasteiger partial charge >= 0.3 is 5.51 Å². The molecule has 0 bridgehead atoms. The smallest absolute Gasteiger partial charge is 0.298 e. The summed E-state index contributed by atoms with van der Waals surface area (Å²) in [4.78, 5) is 11.4. The van der Waals surface area contributed by atoms with Crippen LogP contribution in [-0.4, -0.2) is 25.5 Å². The molecule has 0 N–H and O–H groups in total. The minimum Gasteiger partial charge on any atom is -0.298 e. The van der Waals surface area contributed by atoms with Crippen LogP contribution < -0.4 is 0 Å². The molecule has 0 atom stereocenters. The Labute approximate surface area is 91.9 Å². The maximum atomic E-state index is 12.0. The molecular formula is C9H13F3O3S. The maximum absolute atomic E-state index is 12.0. The van der Waals surface area contributed by atoms with E-state index in [4.69, 9.17) is 0 Å². The summed E-state index contributed by atoms with van der Waals surface area (Å²) in [5, 5.41) is 0. The average molecular weight is 258 g/mol. The SMILES string of the molecule is O=C(CS(=O)(=O)C(F)(F)F)C1CCCCC1. The van der Waals surface area contributed by atoms with E-state index in [1.165, 1.54) is 0 Å². The lowest BCUT2D eigenvalue weighted by atomic mass is 9.87. The summed E-state index contributed by atoms with van der Waals surface area (Å²) in [5.74, 6) is -2.70. The first-order valence-corrected chi connectivity index (χ1v) is 6.71. The lowest BCUT2D eigenvalue weighted by molar-refractivity contribution is -0.121. The van der Waals surface area contributed by atoms with Crippen molar-refractivity contribution in [3.8, 4) is 0 Å². The van der Waals surface area contributed by atoms with Gasteiger partial charge in [0.05, 0.1) is 0 Å². The Hall–Kier alpha value is -0.590. The monoisotopic (exact) mass is 258 g/mol. The van der Waals surface area contributed by atoms with Gasteiger partial charge < -0.3 is 0 Å². The Bertz CT molecular complexity index is 353. The zero-order valence-corrected chi connectivity index (χ0v) is 9.40. The van der Waals surface area contributed by atoms with Crippen LogP contribution in [0.5, 0.6) is 0 Å². The molecule has 1 rings (SSSR count). The van der Waals surface area contributed by atoms with E-state index in [1.54, 1.807) is 0 Å². The van der Waals surface area contributed by atoms with Gasteiger partial charge in [-0.1, -0.05) is 19.3 Å². The number of carbonyl (C=O) groups is 1. The Balaban J connectivity index is 2.64. The Kier molecular flexibility index (Phi) is 3.98. The Morgan fingerprint density at radius 1 is 1.12 bits per heavy atom. The highest BCUT2D eigenvalue weighted by Gasteiger charge is 2.47. The number of alkyl halides is 3. The normalized spacial score (nSPS) is 19.7. The summed E-state index contributed by atoms with van der Waals surface area (Å²) in [6.07, 6.45) is 3.53. The highest BCUT2D eigenvalue weighted by Crippen LogP contribution is 2.28. The van der Waals surface area contributed by atoms with Crippen LogP contribution in [0.15, 0.2) is 0 Å². The second-order valence-corrected chi connectivity index (χ2v) is 5.99. The van der Waals surface area contributed by atoms with Crippen molar-refractivity contribution in [2.24, 2.45) is 5.92 Å². The molecule has 0 radical (unpaired) electrons. The minimum atomic E-state index is -5.32. The van der Waals surface area contributed by atoms with Crippen molar-refractivity contribution in [2.45, 2.75) is 37.6 Å². The van der Waals surface area contributed by atoms with Gasteiger partial charge in [0.15, 0.2) is 5.78 Å². The van der Waals surface area contributed by atoms with Crippen LogP contribution in [0.4, 0.5) is 13.2 Å². The zero-order chi connectivity index (χ0) is 12.4. The molecule has 3 nitrogen and oxygen atoms in total. The number of sulfone groups is 1. The Morgan fingerprint density at radius 3 is 2.06 bits per heavy atom. The molecule has 0 heterocycles. The predicted octanol–water partition coefficient (Wildman–Crippen LogP) is 2.07. The van der Waals surface area contributed by atoms with Crippen LogP contribution in [0.1, 0.15) is 32.1 Å². The highest BCUT2D eigenvalue weighted by atomic mass is 32.2. The van der Waals surface area contributed by atoms with Crippen molar-refractivity contribution >= 4 is 15.6 Å². The third kappa shape index (κ3) is 3.20. The molecule has 0 aromatic heterocycles. The summed E-state index contributed by atoms with van der Waals surface area (Å²) >= 11 is 0. The molecule has 1 saturated carbocycles. The number of hydrogen-bond acceptors (Lipinski definition) is 3. The molecule has 0 amide bonds. The summed E-state index contributed by atoms with van der Waals surface area (Å²) < 4.78 is 57.6. The van der Waals surface area contributed by atoms with E-state index in [9.17, 15) is 26.4 Å². The van der Waals surface area contributed by atoms with E-state index >= 15 is 0 Å². The van der Waals surface area contributed by atoms with Crippen molar-refractivity contribution in [1.82, 2.24) is 0 Å². The van der Waals surface area contributed by atoms with Crippen molar-refractivity contribution < 1.29 is 26.4 Å². The topological polar surface area (TPSA) is 51.2 Å². The fourth-order valence-corrected chi connectivity index (χ4v) is 2.59. The molecule has 0 unspecified atom stereocenters. The second kappa shape index (κ2) is 4.73. The lowest BCUT2D eigenvalue weighted by Gasteiger charge is -2.20. The van der Waals surface area contributed by atoms with Crippen LogP contribution in [0.25, 0.3) is 0 Å². The molecule has 0 saturated heterocycles. The summed E-state index contributed by atoms with van der Waals surface area (Å²) in [6.45, 7) is 0. The molecular weight excluding hydrogens is 245 g/mol. The van der Waals surface area contributed by atoms with Crippen LogP contribution in [0.3, 0.4) is 0 Å². The molecule has 1 aliphatic carbocycles. The Morgan fingerprint density at radius 2 is 1.62 bits per heavy atom. The fraction of sp³-hybridized carbons (Fsp3) is 0.889. The van der Waals surface area contributed by atoms with Crippen molar-refractivity contribution in [2.75, 3.05) is 5.75 Å². The molecule has 0 aromatic carbocycles. The first-order valence-electron chi connectivity index (χ1n) is 5.06. The van der Waals surface area contributed by atoms with E-state index in [0.717, 1.165) is 19.3 Å². The summed E-state index contributed by atoms with van der Waals surface area (Å²) in [7, 11) is -5.30. The first kappa shape index (κ1) is 13.5. The predicted molar refractivity (Wildman–Crippen MR) is 51.4 cm³/mol. The molecule has 0 aromatic rings. The third-order valence-corrected chi connectivity index (χ3v) is 4.12. The van der Waals surface area contributed by atoms with E-state index < -0.39 is 32.8 Å². The number of Topliss-reactive ketones (excluding diaryl/α,β-unsaturated/α-hetero) is 1. The minimum absolute atomic E-state index is 0.506. The van der Waals surface area contributed by atoms with Crippen LogP contribution in [-0.2, 0) is 14.6 Å². The van der Waals surface area contributed by atoms with E-state index in [2.05, 4.69) is 0 Å². The largest absolute Gasteiger partial charge is 0.497 e. The standard InChI is InChI=1S/C9H13F3O3S/c10-9(11,12)16(14,15)6-8(13)7-4-2-1-3-5-7/h7H,1-6H2. The number of hydrogen-bond donors (Lipinski definition) is 0. The van der Waals surface area contributed by atoms with Gasteiger partial charge in [-0.3, -0.25) is 4.79 Å². The highest BCUT2D eigenvalue weighted by molar-refractivity contribution is 7.92. The molecule has 1 aliphatic rings. The van der Waals surface area contributed by atoms with Crippen LogP contribution in [0.2, 0.25) is 0 Å². The summed E-state index contributed by atoms with van der Waals surface area (Å²) in [5.41, 5.74) is -5.32. The number of ketones is 1. The quantitative estimate of drug-likeness (QED) is 0.778. The molecule has 1 fully saturated rings. The van der Waals surface area contributed by atoms with Gasteiger partial charge in [-0.25, -0.2) is 8.42 Å². The van der Waals surface area contributed by atoms with Crippen LogP contribution in [0, 0.1) is 5.92 Å².